The zero-order chi connectivity index (χ0) is 12.8. The van der Waals surface area contributed by atoms with Crippen molar-refractivity contribution in [3.63, 3.8) is 0 Å². The van der Waals surface area contributed by atoms with Crippen molar-refractivity contribution in [2.45, 2.75) is 32.8 Å². The predicted octanol–water partition coefficient (Wildman–Crippen LogP) is 1.77. The van der Waals surface area contributed by atoms with Gasteiger partial charge in [-0.25, -0.2) is 0 Å². The lowest BCUT2D eigenvalue weighted by atomic mass is 10.1. The molecule has 0 fully saturated rings. The fraction of sp³-hybridized carbons (Fsp3) is 0.500. The van der Waals surface area contributed by atoms with Crippen LogP contribution in [0, 0.1) is 6.92 Å². The van der Waals surface area contributed by atoms with Crippen LogP contribution in [-0.4, -0.2) is 35.6 Å². The lowest BCUT2D eigenvalue weighted by Crippen LogP contribution is -2.30. The van der Waals surface area contributed by atoms with Crippen molar-refractivity contribution in [3.8, 4) is 0 Å². The van der Waals surface area contributed by atoms with E-state index in [1.54, 1.807) is 18.9 Å². The molecule has 3 heteroatoms. The molecule has 0 saturated heterocycles. The number of amides is 1. The van der Waals surface area contributed by atoms with Gasteiger partial charge in [0.1, 0.15) is 0 Å². The summed E-state index contributed by atoms with van der Waals surface area (Å²) in [5.74, 6) is 0.0938. The lowest BCUT2D eigenvalue weighted by Gasteiger charge is -2.18. The van der Waals surface area contributed by atoms with E-state index in [-0.39, 0.29) is 12.0 Å². The molecule has 94 valence electrons. The van der Waals surface area contributed by atoms with Crippen LogP contribution in [0.1, 0.15) is 24.5 Å². The Balaban J connectivity index is 2.48. The highest BCUT2D eigenvalue weighted by molar-refractivity contribution is 5.78. The Hall–Kier alpha value is -1.35. The highest BCUT2D eigenvalue weighted by Crippen LogP contribution is 2.06. The van der Waals surface area contributed by atoms with Crippen LogP contribution in [0.2, 0.25) is 0 Å². The molecule has 1 unspecified atom stereocenters. The Morgan fingerprint density at radius 3 is 2.76 bits per heavy atom. The van der Waals surface area contributed by atoms with Crippen molar-refractivity contribution in [1.29, 1.82) is 0 Å². The Labute approximate surface area is 103 Å². The van der Waals surface area contributed by atoms with Gasteiger partial charge < -0.3 is 10.0 Å². The van der Waals surface area contributed by atoms with E-state index in [0.717, 1.165) is 5.56 Å². The maximum Gasteiger partial charge on any atom is 0.226 e. The number of carbonyl (C=O) groups excluding carboxylic acids is 1. The number of hydrogen-bond donors (Lipinski definition) is 1. The average Bonchev–Trinajstić information content (AvgIpc) is 2.25. The molecule has 0 spiro atoms. The Kier molecular flexibility index (Phi) is 5.16. The molecule has 0 bridgehead atoms. The van der Waals surface area contributed by atoms with Crippen LogP contribution in [0.4, 0.5) is 0 Å². The monoisotopic (exact) mass is 235 g/mol. The van der Waals surface area contributed by atoms with E-state index in [1.807, 2.05) is 31.2 Å². The molecule has 0 aromatic heterocycles. The third-order valence-electron chi connectivity index (χ3n) is 2.75. The van der Waals surface area contributed by atoms with Crippen molar-refractivity contribution in [1.82, 2.24) is 4.90 Å². The van der Waals surface area contributed by atoms with Crippen LogP contribution >= 0.6 is 0 Å². The summed E-state index contributed by atoms with van der Waals surface area (Å²) in [5.41, 5.74) is 2.21. The molecule has 0 aliphatic rings. The number of likely N-dealkylation sites (N-methyl/N-ethyl adjacent to an activating group) is 1. The fourth-order valence-electron chi connectivity index (χ4n) is 1.64. The number of hydrogen-bond acceptors (Lipinski definition) is 2. The molecular formula is C14H21NO2. The molecule has 1 amide bonds. The maximum absolute atomic E-state index is 11.9. The summed E-state index contributed by atoms with van der Waals surface area (Å²) in [6.45, 7) is 4.35. The summed E-state index contributed by atoms with van der Waals surface area (Å²) in [4.78, 5) is 13.6. The van der Waals surface area contributed by atoms with E-state index in [9.17, 15) is 9.90 Å². The first kappa shape index (κ1) is 13.7. The van der Waals surface area contributed by atoms with E-state index in [4.69, 9.17) is 0 Å². The lowest BCUT2D eigenvalue weighted by molar-refractivity contribution is -0.129. The Morgan fingerprint density at radius 1 is 1.47 bits per heavy atom. The van der Waals surface area contributed by atoms with Crippen LogP contribution < -0.4 is 0 Å². The molecule has 1 aromatic rings. The Morgan fingerprint density at radius 2 is 2.18 bits per heavy atom. The van der Waals surface area contributed by atoms with E-state index in [0.29, 0.717) is 19.4 Å². The first-order valence-corrected chi connectivity index (χ1v) is 5.96. The van der Waals surface area contributed by atoms with Gasteiger partial charge in [-0.2, -0.15) is 0 Å². The number of carbonyl (C=O) groups is 1. The third kappa shape index (κ3) is 5.00. The zero-order valence-corrected chi connectivity index (χ0v) is 10.8. The number of nitrogens with zero attached hydrogens (tertiary/aromatic N) is 1. The normalized spacial score (nSPS) is 12.2. The molecule has 1 N–H and O–H groups in total. The molecule has 1 rings (SSSR count). The number of aliphatic hydroxyl groups is 1. The van der Waals surface area contributed by atoms with Crippen LogP contribution in [0.3, 0.4) is 0 Å². The van der Waals surface area contributed by atoms with Gasteiger partial charge in [-0.3, -0.25) is 4.79 Å². The number of aliphatic hydroxyl groups excluding tert-OH is 1. The second-order valence-corrected chi connectivity index (χ2v) is 4.62. The Bertz CT molecular complexity index is 374. The van der Waals surface area contributed by atoms with Gasteiger partial charge in [-0.1, -0.05) is 29.8 Å². The molecule has 0 heterocycles. The van der Waals surface area contributed by atoms with E-state index in [2.05, 4.69) is 0 Å². The summed E-state index contributed by atoms with van der Waals surface area (Å²) in [6, 6.07) is 7.98. The maximum atomic E-state index is 11.9. The highest BCUT2D eigenvalue weighted by Gasteiger charge is 2.10. The summed E-state index contributed by atoms with van der Waals surface area (Å²) in [5, 5.41) is 9.17. The largest absolute Gasteiger partial charge is 0.393 e. The first-order valence-electron chi connectivity index (χ1n) is 5.96. The second-order valence-electron chi connectivity index (χ2n) is 4.62. The summed E-state index contributed by atoms with van der Waals surface area (Å²) in [6.07, 6.45) is 0.692. The molecule has 0 radical (unpaired) electrons. The number of aryl methyl sites for hydroxylation is 1. The van der Waals surface area contributed by atoms with Crippen molar-refractivity contribution in [2.75, 3.05) is 13.6 Å². The molecule has 1 aromatic carbocycles. The summed E-state index contributed by atoms with van der Waals surface area (Å²) in [7, 11) is 1.78. The van der Waals surface area contributed by atoms with Gasteiger partial charge >= 0.3 is 0 Å². The van der Waals surface area contributed by atoms with Crippen molar-refractivity contribution in [2.24, 2.45) is 0 Å². The average molecular weight is 235 g/mol. The SMILES string of the molecule is Cc1cccc(CC(=O)N(C)CCC(C)O)c1. The minimum Gasteiger partial charge on any atom is -0.393 e. The van der Waals surface area contributed by atoms with E-state index >= 15 is 0 Å². The fourth-order valence-corrected chi connectivity index (χ4v) is 1.64. The van der Waals surface area contributed by atoms with Gasteiger partial charge in [0.15, 0.2) is 0 Å². The van der Waals surface area contributed by atoms with Crippen molar-refractivity contribution >= 4 is 5.91 Å². The summed E-state index contributed by atoms with van der Waals surface area (Å²) >= 11 is 0. The first-order chi connectivity index (χ1) is 7.99. The van der Waals surface area contributed by atoms with Gasteiger partial charge in [0.2, 0.25) is 5.91 Å². The predicted molar refractivity (Wildman–Crippen MR) is 68.8 cm³/mol. The zero-order valence-electron chi connectivity index (χ0n) is 10.8. The number of rotatable bonds is 5. The molecule has 0 aliphatic carbocycles. The van der Waals surface area contributed by atoms with Crippen LogP contribution in [0.5, 0.6) is 0 Å². The van der Waals surface area contributed by atoms with Crippen LogP contribution in [0.15, 0.2) is 24.3 Å². The quantitative estimate of drug-likeness (QED) is 0.845. The highest BCUT2D eigenvalue weighted by atomic mass is 16.3. The molecule has 0 aliphatic heterocycles. The van der Waals surface area contributed by atoms with Gasteiger partial charge in [0, 0.05) is 13.6 Å². The smallest absolute Gasteiger partial charge is 0.226 e. The second kappa shape index (κ2) is 6.40. The van der Waals surface area contributed by atoms with E-state index in [1.165, 1.54) is 5.56 Å². The summed E-state index contributed by atoms with van der Waals surface area (Å²) < 4.78 is 0. The van der Waals surface area contributed by atoms with Gasteiger partial charge in [0.05, 0.1) is 12.5 Å². The third-order valence-corrected chi connectivity index (χ3v) is 2.75. The molecule has 1 atom stereocenters. The molecule has 17 heavy (non-hydrogen) atoms. The van der Waals surface area contributed by atoms with Crippen molar-refractivity contribution < 1.29 is 9.90 Å². The molecule has 3 nitrogen and oxygen atoms in total. The molecule has 0 saturated carbocycles. The van der Waals surface area contributed by atoms with Gasteiger partial charge in [-0.15, -0.1) is 0 Å². The minimum atomic E-state index is -0.357. The van der Waals surface area contributed by atoms with Crippen molar-refractivity contribution in [3.05, 3.63) is 35.4 Å². The molecular weight excluding hydrogens is 214 g/mol. The van der Waals surface area contributed by atoms with Gasteiger partial charge in [-0.05, 0) is 25.8 Å². The minimum absolute atomic E-state index is 0.0938. The number of benzene rings is 1. The van der Waals surface area contributed by atoms with E-state index < -0.39 is 0 Å². The van der Waals surface area contributed by atoms with Crippen LogP contribution in [-0.2, 0) is 11.2 Å². The topological polar surface area (TPSA) is 40.5 Å². The van der Waals surface area contributed by atoms with Crippen LogP contribution in [0.25, 0.3) is 0 Å². The standard InChI is InChI=1S/C14H21NO2/c1-11-5-4-6-13(9-11)10-14(17)15(3)8-7-12(2)16/h4-6,9,12,16H,7-8,10H2,1-3H3. The van der Waals surface area contributed by atoms with Gasteiger partial charge in [0.25, 0.3) is 0 Å².